The SMILES string of the molecule is C#CCCCC(=O)c1ccnnc1. The Morgan fingerprint density at radius 2 is 2.38 bits per heavy atom. The maximum absolute atomic E-state index is 11.4. The third kappa shape index (κ3) is 3.04. The smallest absolute Gasteiger partial charge is 0.164 e. The van der Waals surface area contributed by atoms with Gasteiger partial charge in [-0.2, -0.15) is 10.2 Å². The molecule has 66 valence electrons. The van der Waals surface area contributed by atoms with Crippen molar-refractivity contribution in [3.63, 3.8) is 0 Å². The quantitative estimate of drug-likeness (QED) is 0.394. The van der Waals surface area contributed by atoms with Gasteiger partial charge in [-0.15, -0.1) is 12.3 Å². The van der Waals surface area contributed by atoms with E-state index in [9.17, 15) is 4.79 Å². The van der Waals surface area contributed by atoms with Gasteiger partial charge in [0.1, 0.15) is 0 Å². The molecule has 0 aromatic carbocycles. The Morgan fingerprint density at radius 1 is 1.54 bits per heavy atom. The number of terminal acetylenes is 1. The molecule has 3 heteroatoms. The fourth-order valence-corrected chi connectivity index (χ4v) is 0.951. The van der Waals surface area contributed by atoms with E-state index in [1.165, 1.54) is 12.4 Å². The number of unbranched alkanes of at least 4 members (excludes halogenated alkanes) is 1. The molecule has 0 aliphatic heterocycles. The molecule has 0 N–H and O–H groups in total. The molecule has 0 bridgehead atoms. The third-order valence-corrected chi connectivity index (χ3v) is 1.63. The normalized spacial score (nSPS) is 9.15. The molecule has 1 aromatic heterocycles. The predicted molar refractivity (Wildman–Crippen MR) is 49.0 cm³/mol. The summed E-state index contributed by atoms with van der Waals surface area (Å²) in [6.45, 7) is 0. The highest BCUT2D eigenvalue weighted by Gasteiger charge is 2.03. The summed E-state index contributed by atoms with van der Waals surface area (Å²) >= 11 is 0. The summed E-state index contributed by atoms with van der Waals surface area (Å²) in [5.41, 5.74) is 0.604. The molecule has 1 heterocycles. The number of Topliss-reactive ketones (excluding diaryl/α,β-unsaturated/α-hetero) is 1. The second-order valence-electron chi connectivity index (χ2n) is 2.61. The zero-order valence-electron chi connectivity index (χ0n) is 7.23. The monoisotopic (exact) mass is 174 g/mol. The number of rotatable bonds is 4. The van der Waals surface area contributed by atoms with Crippen molar-refractivity contribution >= 4 is 5.78 Å². The lowest BCUT2D eigenvalue weighted by Crippen LogP contribution is -1.99. The predicted octanol–water partition coefficient (Wildman–Crippen LogP) is 1.46. The zero-order chi connectivity index (χ0) is 9.52. The molecule has 0 amide bonds. The summed E-state index contributed by atoms with van der Waals surface area (Å²) in [4.78, 5) is 11.4. The lowest BCUT2D eigenvalue weighted by molar-refractivity contribution is 0.0980. The summed E-state index contributed by atoms with van der Waals surface area (Å²) in [5, 5.41) is 7.21. The average Bonchev–Trinajstić information content (AvgIpc) is 2.19. The van der Waals surface area contributed by atoms with Crippen LogP contribution >= 0.6 is 0 Å². The second-order valence-corrected chi connectivity index (χ2v) is 2.61. The highest BCUT2D eigenvalue weighted by Crippen LogP contribution is 2.03. The molecule has 0 spiro atoms. The van der Waals surface area contributed by atoms with Gasteiger partial charge < -0.3 is 0 Å². The van der Waals surface area contributed by atoms with Crippen LogP contribution < -0.4 is 0 Å². The fraction of sp³-hybridized carbons (Fsp3) is 0.300. The maximum atomic E-state index is 11.4. The molecular formula is C10H10N2O. The van der Waals surface area contributed by atoms with Gasteiger partial charge in [-0.3, -0.25) is 4.79 Å². The van der Waals surface area contributed by atoms with E-state index in [2.05, 4.69) is 16.1 Å². The third-order valence-electron chi connectivity index (χ3n) is 1.63. The van der Waals surface area contributed by atoms with Crippen molar-refractivity contribution in [2.45, 2.75) is 19.3 Å². The molecule has 0 unspecified atom stereocenters. The van der Waals surface area contributed by atoms with Gasteiger partial charge in [0.05, 0.1) is 12.4 Å². The van der Waals surface area contributed by atoms with Crippen molar-refractivity contribution in [3.8, 4) is 12.3 Å². The van der Waals surface area contributed by atoms with Crippen LogP contribution in [0.4, 0.5) is 0 Å². The summed E-state index contributed by atoms with van der Waals surface area (Å²) in [6, 6.07) is 1.66. The van der Waals surface area contributed by atoms with Crippen LogP contribution in [-0.2, 0) is 0 Å². The molecular weight excluding hydrogens is 164 g/mol. The van der Waals surface area contributed by atoms with Crippen LogP contribution in [0.5, 0.6) is 0 Å². The number of carbonyl (C=O) groups excluding carboxylic acids is 1. The van der Waals surface area contributed by atoms with Crippen molar-refractivity contribution < 1.29 is 4.79 Å². The summed E-state index contributed by atoms with van der Waals surface area (Å²) in [7, 11) is 0. The minimum absolute atomic E-state index is 0.0742. The first-order valence-corrected chi connectivity index (χ1v) is 4.08. The molecule has 0 aliphatic rings. The van der Waals surface area contributed by atoms with Gasteiger partial charge in [-0.05, 0) is 12.5 Å². The van der Waals surface area contributed by atoms with Gasteiger partial charge in [0.2, 0.25) is 0 Å². The first-order valence-electron chi connectivity index (χ1n) is 4.08. The minimum atomic E-state index is 0.0742. The van der Waals surface area contributed by atoms with Gasteiger partial charge in [0, 0.05) is 18.4 Å². The topological polar surface area (TPSA) is 42.9 Å². The molecule has 0 saturated heterocycles. The summed E-state index contributed by atoms with van der Waals surface area (Å²) in [5.74, 6) is 2.57. The van der Waals surface area contributed by atoms with Gasteiger partial charge in [0.25, 0.3) is 0 Å². The zero-order valence-corrected chi connectivity index (χ0v) is 7.23. The second kappa shape index (κ2) is 5.04. The lowest BCUT2D eigenvalue weighted by atomic mass is 10.1. The van der Waals surface area contributed by atoms with E-state index in [1.807, 2.05) is 0 Å². The average molecular weight is 174 g/mol. The van der Waals surface area contributed by atoms with Crippen molar-refractivity contribution in [2.24, 2.45) is 0 Å². The first-order chi connectivity index (χ1) is 6.34. The van der Waals surface area contributed by atoms with Crippen molar-refractivity contribution in [2.75, 3.05) is 0 Å². The van der Waals surface area contributed by atoms with E-state index in [-0.39, 0.29) is 5.78 Å². The highest BCUT2D eigenvalue weighted by atomic mass is 16.1. The Kier molecular flexibility index (Phi) is 3.65. The number of aromatic nitrogens is 2. The molecule has 0 atom stereocenters. The van der Waals surface area contributed by atoms with Gasteiger partial charge in [-0.1, -0.05) is 0 Å². The largest absolute Gasteiger partial charge is 0.294 e. The molecule has 1 rings (SSSR count). The summed E-state index contributed by atoms with van der Waals surface area (Å²) < 4.78 is 0. The van der Waals surface area contributed by atoms with Crippen LogP contribution in [0, 0.1) is 12.3 Å². The number of hydrogen-bond donors (Lipinski definition) is 0. The fourth-order valence-electron chi connectivity index (χ4n) is 0.951. The van der Waals surface area contributed by atoms with Gasteiger partial charge >= 0.3 is 0 Å². The number of hydrogen-bond acceptors (Lipinski definition) is 3. The van der Waals surface area contributed by atoms with E-state index in [4.69, 9.17) is 6.42 Å². The van der Waals surface area contributed by atoms with Crippen LogP contribution in [0.2, 0.25) is 0 Å². The highest BCUT2D eigenvalue weighted by molar-refractivity contribution is 5.95. The Balaban J connectivity index is 2.46. The molecule has 13 heavy (non-hydrogen) atoms. The minimum Gasteiger partial charge on any atom is -0.294 e. The Labute approximate surface area is 77.2 Å². The van der Waals surface area contributed by atoms with Gasteiger partial charge in [-0.25, -0.2) is 0 Å². The van der Waals surface area contributed by atoms with E-state index >= 15 is 0 Å². The Morgan fingerprint density at radius 3 is 3.00 bits per heavy atom. The summed E-state index contributed by atoms with van der Waals surface area (Å²) in [6.07, 6.45) is 9.91. The van der Waals surface area contributed by atoms with E-state index in [0.29, 0.717) is 18.4 Å². The standard InChI is InChI=1S/C10H10N2O/c1-2-3-4-5-10(13)9-6-7-11-12-8-9/h1,6-8H,3-5H2. The van der Waals surface area contributed by atoms with Crippen LogP contribution in [0.1, 0.15) is 29.6 Å². The molecule has 3 nitrogen and oxygen atoms in total. The first kappa shape index (κ1) is 9.40. The molecule has 0 fully saturated rings. The Hall–Kier alpha value is -1.69. The van der Waals surface area contributed by atoms with E-state index in [1.54, 1.807) is 6.07 Å². The van der Waals surface area contributed by atoms with Crippen molar-refractivity contribution in [1.29, 1.82) is 0 Å². The van der Waals surface area contributed by atoms with Crippen LogP contribution in [0.25, 0.3) is 0 Å². The van der Waals surface area contributed by atoms with Gasteiger partial charge in [0.15, 0.2) is 5.78 Å². The van der Waals surface area contributed by atoms with E-state index in [0.717, 1.165) is 6.42 Å². The van der Waals surface area contributed by atoms with Crippen LogP contribution in [0.15, 0.2) is 18.5 Å². The number of carbonyl (C=O) groups is 1. The molecule has 0 saturated carbocycles. The molecule has 0 radical (unpaired) electrons. The Bertz CT molecular complexity index is 313. The molecule has 0 aliphatic carbocycles. The lowest BCUT2D eigenvalue weighted by Gasteiger charge is -1.96. The van der Waals surface area contributed by atoms with E-state index < -0.39 is 0 Å². The van der Waals surface area contributed by atoms with Crippen molar-refractivity contribution in [3.05, 3.63) is 24.0 Å². The number of ketones is 1. The number of nitrogens with zero attached hydrogens (tertiary/aromatic N) is 2. The molecule has 1 aromatic rings. The maximum Gasteiger partial charge on any atom is 0.164 e. The van der Waals surface area contributed by atoms with Crippen molar-refractivity contribution in [1.82, 2.24) is 10.2 Å². The van der Waals surface area contributed by atoms with Crippen LogP contribution in [0.3, 0.4) is 0 Å². The van der Waals surface area contributed by atoms with Crippen LogP contribution in [-0.4, -0.2) is 16.0 Å².